The van der Waals surface area contributed by atoms with Gasteiger partial charge in [0.2, 0.25) is 0 Å². The zero-order chi connectivity index (χ0) is 41.0. The maximum absolute atomic E-state index is 6.80. The minimum atomic E-state index is -0.178. The zero-order valence-electron chi connectivity index (χ0n) is 36.0. The number of hydrogen-bond donors (Lipinski definition) is 0. The Bertz CT molecular complexity index is 3530. The van der Waals surface area contributed by atoms with Gasteiger partial charge in [-0.15, -0.1) is 0 Å². The summed E-state index contributed by atoms with van der Waals surface area (Å²) in [4.78, 5) is 5.62. The van der Waals surface area contributed by atoms with Crippen molar-refractivity contribution in [3.8, 4) is 16.8 Å². The van der Waals surface area contributed by atoms with Crippen molar-refractivity contribution in [2.75, 3.05) is 9.71 Å². The van der Waals surface area contributed by atoms with Crippen LogP contribution in [0.15, 0.2) is 126 Å². The van der Waals surface area contributed by atoms with E-state index in [4.69, 9.17) is 4.42 Å². The van der Waals surface area contributed by atoms with Crippen LogP contribution in [0.4, 0.5) is 22.7 Å². The smallest absolute Gasteiger partial charge is 0.333 e. The van der Waals surface area contributed by atoms with E-state index in [1.54, 1.807) is 0 Å². The molecule has 0 bridgehead atoms. The fourth-order valence-electron chi connectivity index (χ4n) is 14.3. The second kappa shape index (κ2) is 11.2. The van der Waals surface area contributed by atoms with Crippen LogP contribution in [-0.2, 0) is 23.7 Å². The molecule has 5 heteroatoms. The maximum atomic E-state index is 6.80. The van der Waals surface area contributed by atoms with E-state index in [9.17, 15) is 0 Å². The van der Waals surface area contributed by atoms with Crippen molar-refractivity contribution in [1.82, 2.24) is 4.57 Å². The molecule has 6 aliphatic rings. The summed E-state index contributed by atoms with van der Waals surface area (Å²) in [6.45, 7) is 9.99. The molecule has 0 spiro atoms. The predicted molar refractivity (Wildman–Crippen MR) is 259 cm³/mol. The van der Waals surface area contributed by atoms with E-state index in [1.807, 2.05) is 0 Å². The number of anilines is 4. The van der Waals surface area contributed by atoms with Gasteiger partial charge in [0.05, 0.1) is 22.3 Å². The summed E-state index contributed by atoms with van der Waals surface area (Å²) in [5.41, 5.74) is 23.9. The van der Waals surface area contributed by atoms with Gasteiger partial charge < -0.3 is 18.7 Å². The first-order chi connectivity index (χ1) is 30.3. The van der Waals surface area contributed by atoms with Crippen LogP contribution in [-0.4, -0.2) is 17.0 Å². The molecule has 2 atom stereocenters. The lowest BCUT2D eigenvalue weighted by molar-refractivity contribution is 0.195. The number of hydrogen-bond acceptors (Lipinski definition) is 3. The molecule has 2 unspecified atom stereocenters. The van der Waals surface area contributed by atoms with Gasteiger partial charge in [0, 0.05) is 60.7 Å². The largest absolute Gasteiger partial charge is 0.456 e. The van der Waals surface area contributed by atoms with Gasteiger partial charge in [-0.25, -0.2) is 0 Å². The quantitative estimate of drug-likeness (QED) is 0.155. The molecule has 0 N–H and O–H groups in total. The summed E-state index contributed by atoms with van der Waals surface area (Å²) in [5, 5.41) is 5.17. The van der Waals surface area contributed by atoms with Crippen LogP contribution in [0.1, 0.15) is 94.0 Å². The molecule has 1 saturated carbocycles. The van der Waals surface area contributed by atoms with Gasteiger partial charge in [0.1, 0.15) is 11.2 Å². The number of rotatable bonds is 1. The van der Waals surface area contributed by atoms with Crippen molar-refractivity contribution >= 4 is 84.3 Å². The van der Waals surface area contributed by atoms with E-state index < -0.39 is 0 Å². The SMILES string of the molecule is CC1(C)c2ccccc2N2B3c4cc5oc6ccccc6c5cc4-n4c5cc6c(cc5c5c(N7c8ccccc8C8(C)CCCCC78C)cc(c3c54)-c3cccc1c32)CCCC6. The lowest BCUT2D eigenvalue weighted by Crippen LogP contribution is -2.62. The fraction of sp³-hybridized carbons (Fsp3) is 0.263. The standard InChI is InChI=1S/C57H48BN3O/c1-55(2)40-20-8-11-24-45(40)61-53-36(19-15-22-42(53)55)38-31-48(60-44-23-10-9-21-41(44)56(3)26-13-14-27-57(56,60)4)51-39-28-33-16-5-6-17-34(33)29-46(39)59-47-30-37-35-18-7-12-25-49(35)62-50(37)32-43(47)58(61)52(38)54(51)59/h7-12,15,18-25,28-32H,5-6,13-14,16-17,26-27H2,1-4H3. The predicted octanol–water partition coefficient (Wildman–Crippen LogP) is 13.2. The molecule has 4 nitrogen and oxygen atoms in total. The molecule has 0 radical (unpaired) electrons. The van der Waals surface area contributed by atoms with E-state index in [0.29, 0.717) is 0 Å². The van der Waals surface area contributed by atoms with Crippen LogP contribution >= 0.6 is 0 Å². The van der Waals surface area contributed by atoms with Crippen LogP contribution in [0.3, 0.4) is 0 Å². The number of nitrogens with zero attached hydrogens (tertiary/aromatic N) is 3. The molecule has 15 rings (SSSR count). The molecular weight excluding hydrogens is 753 g/mol. The third-order valence-corrected chi connectivity index (χ3v) is 17.4. The maximum Gasteiger partial charge on any atom is 0.333 e. The average Bonchev–Trinajstić information content (AvgIpc) is 3.90. The molecular formula is C57H48BN3O. The lowest BCUT2D eigenvalue weighted by atomic mass is 9.43. The van der Waals surface area contributed by atoms with Crippen molar-refractivity contribution in [2.24, 2.45) is 0 Å². The Hall–Kier alpha value is -6.20. The van der Waals surface area contributed by atoms with E-state index >= 15 is 0 Å². The summed E-state index contributed by atoms with van der Waals surface area (Å²) in [7, 11) is 0. The Morgan fingerprint density at radius 3 is 2.18 bits per heavy atom. The monoisotopic (exact) mass is 801 g/mol. The van der Waals surface area contributed by atoms with Crippen molar-refractivity contribution in [3.05, 3.63) is 149 Å². The number of aromatic nitrogens is 1. The molecule has 7 aromatic carbocycles. The second-order valence-corrected chi connectivity index (χ2v) is 20.5. The van der Waals surface area contributed by atoms with Crippen LogP contribution < -0.4 is 20.6 Å². The van der Waals surface area contributed by atoms with Gasteiger partial charge in [-0.05, 0) is 138 Å². The number of furan rings is 1. The van der Waals surface area contributed by atoms with Crippen LogP contribution in [0.5, 0.6) is 0 Å². The molecule has 300 valence electrons. The summed E-state index contributed by atoms with van der Waals surface area (Å²) in [6, 6.07) is 47.3. The van der Waals surface area contributed by atoms with Gasteiger partial charge in [0.15, 0.2) is 0 Å². The zero-order valence-corrected chi connectivity index (χ0v) is 36.0. The van der Waals surface area contributed by atoms with Gasteiger partial charge in [-0.3, -0.25) is 0 Å². The topological polar surface area (TPSA) is 24.6 Å². The molecule has 0 amide bonds. The summed E-state index contributed by atoms with van der Waals surface area (Å²) in [5.74, 6) is 0. The average molecular weight is 802 g/mol. The lowest BCUT2D eigenvalue weighted by Gasteiger charge is -2.51. The van der Waals surface area contributed by atoms with E-state index in [-0.39, 0.29) is 23.2 Å². The van der Waals surface area contributed by atoms with Crippen molar-refractivity contribution in [3.63, 3.8) is 0 Å². The van der Waals surface area contributed by atoms with Gasteiger partial charge in [-0.2, -0.15) is 0 Å². The molecule has 0 saturated heterocycles. The van der Waals surface area contributed by atoms with Crippen molar-refractivity contribution in [1.29, 1.82) is 0 Å². The Labute approximate surface area is 362 Å². The van der Waals surface area contributed by atoms with E-state index in [2.05, 4.69) is 163 Å². The first kappa shape index (κ1) is 34.4. The third-order valence-electron chi connectivity index (χ3n) is 17.4. The molecule has 4 aliphatic heterocycles. The highest BCUT2D eigenvalue weighted by atomic mass is 16.3. The fourth-order valence-corrected chi connectivity index (χ4v) is 14.3. The van der Waals surface area contributed by atoms with Crippen LogP contribution in [0.25, 0.3) is 60.6 Å². The second-order valence-electron chi connectivity index (χ2n) is 20.5. The highest BCUT2D eigenvalue weighted by Crippen LogP contribution is 2.63. The number of benzene rings is 7. The highest BCUT2D eigenvalue weighted by Gasteiger charge is 2.59. The summed E-state index contributed by atoms with van der Waals surface area (Å²) < 4.78 is 9.53. The van der Waals surface area contributed by atoms with Crippen molar-refractivity contribution in [2.45, 2.75) is 95.4 Å². The normalized spacial score (nSPS) is 22.2. The number of aryl methyl sites for hydroxylation is 2. The van der Waals surface area contributed by atoms with Gasteiger partial charge >= 0.3 is 6.85 Å². The van der Waals surface area contributed by atoms with Crippen LogP contribution in [0.2, 0.25) is 0 Å². The minimum absolute atomic E-state index is 0.0399. The Kier molecular flexibility index (Phi) is 6.24. The molecule has 1 fully saturated rings. The molecule has 6 heterocycles. The van der Waals surface area contributed by atoms with E-state index in [0.717, 1.165) is 24.0 Å². The highest BCUT2D eigenvalue weighted by molar-refractivity contribution is 6.94. The molecule has 2 aromatic heterocycles. The number of fused-ring (bicyclic) bond motifs is 17. The first-order valence-electron chi connectivity index (χ1n) is 23.3. The van der Waals surface area contributed by atoms with Gasteiger partial charge in [0.25, 0.3) is 0 Å². The molecule has 9 aromatic rings. The molecule has 62 heavy (non-hydrogen) atoms. The minimum Gasteiger partial charge on any atom is -0.456 e. The van der Waals surface area contributed by atoms with Crippen LogP contribution in [0, 0.1) is 0 Å². The Morgan fingerprint density at radius 1 is 0.565 bits per heavy atom. The number of para-hydroxylation sites is 4. The summed E-state index contributed by atoms with van der Waals surface area (Å²) >= 11 is 0. The first-order valence-corrected chi connectivity index (χ1v) is 23.3. The Morgan fingerprint density at radius 2 is 1.31 bits per heavy atom. The van der Waals surface area contributed by atoms with Gasteiger partial charge in [-0.1, -0.05) is 106 Å². The molecule has 2 aliphatic carbocycles. The summed E-state index contributed by atoms with van der Waals surface area (Å²) in [6.07, 6.45) is 9.71. The van der Waals surface area contributed by atoms with Crippen molar-refractivity contribution < 1.29 is 4.42 Å². The third kappa shape index (κ3) is 3.83. The Balaban J connectivity index is 1.18. The van der Waals surface area contributed by atoms with E-state index in [1.165, 1.54) is 149 Å².